The lowest BCUT2D eigenvalue weighted by Gasteiger charge is -2.05. The van der Waals surface area contributed by atoms with Crippen LogP contribution in [0.5, 0.6) is 0 Å². The number of fused-ring (bicyclic) bond motifs is 1. The molecule has 0 aliphatic heterocycles. The largest absolute Gasteiger partial charge is 0.395 e. The number of pyridine rings is 1. The van der Waals surface area contributed by atoms with Gasteiger partial charge in [0.05, 0.1) is 17.4 Å². The highest BCUT2D eigenvalue weighted by Gasteiger charge is 2.11. The molecule has 0 bridgehead atoms. The van der Waals surface area contributed by atoms with Crippen molar-refractivity contribution in [3.05, 3.63) is 66.1 Å². The first kappa shape index (κ1) is 17.0. The molecule has 0 spiro atoms. The summed E-state index contributed by atoms with van der Waals surface area (Å²) in [6.45, 7) is 1.10. The standard InChI is InChI=1S/C17H18N4O.ClH/c18-8-4-10-22-21-17(13-5-2-1-3-6-13)15-11-14-7-9-19-12-16(14)20-15;/h1-3,5-7,9,11-12,20H,4,8,10,18H2;1H/b21-17+;. The first-order chi connectivity index (χ1) is 10.9. The first-order valence-electron chi connectivity index (χ1n) is 7.27. The Kier molecular flexibility index (Phi) is 6.14. The van der Waals surface area contributed by atoms with Gasteiger partial charge in [-0.25, -0.2) is 0 Å². The highest BCUT2D eigenvalue weighted by atomic mass is 35.5. The van der Waals surface area contributed by atoms with Crippen molar-refractivity contribution in [3.8, 4) is 0 Å². The summed E-state index contributed by atoms with van der Waals surface area (Å²) in [6.07, 6.45) is 4.36. The highest BCUT2D eigenvalue weighted by molar-refractivity contribution is 6.13. The molecule has 3 aromatic rings. The fourth-order valence-electron chi connectivity index (χ4n) is 2.21. The Hall–Kier alpha value is -2.37. The second-order valence-electron chi connectivity index (χ2n) is 4.93. The summed E-state index contributed by atoms with van der Waals surface area (Å²) in [7, 11) is 0. The molecular formula is C17H19ClN4O. The maximum absolute atomic E-state index is 5.48. The van der Waals surface area contributed by atoms with Crippen molar-refractivity contribution in [2.45, 2.75) is 6.42 Å². The molecular weight excluding hydrogens is 312 g/mol. The molecule has 0 unspecified atom stereocenters. The average Bonchev–Trinajstić information content (AvgIpc) is 2.99. The minimum atomic E-state index is 0. The van der Waals surface area contributed by atoms with Crippen LogP contribution in [0.25, 0.3) is 10.9 Å². The molecule has 5 nitrogen and oxygen atoms in total. The second-order valence-corrected chi connectivity index (χ2v) is 4.93. The van der Waals surface area contributed by atoms with Gasteiger partial charge in [0.25, 0.3) is 0 Å². The van der Waals surface area contributed by atoms with Crippen LogP contribution < -0.4 is 5.73 Å². The topological polar surface area (TPSA) is 76.3 Å². The van der Waals surface area contributed by atoms with E-state index >= 15 is 0 Å². The van der Waals surface area contributed by atoms with E-state index in [1.807, 2.05) is 36.4 Å². The van der Waals surface area contributed by atoms with E-state index in [4.69, 9.17) is 10.6 Å². The Morgan fingerprint density at radius 3 is 2.78 bits per heavy atom. The van der Waals surface area contributed by atoms with E-state index in [1.165, 1.54) is 0 Å². The third-order valence-electron chi connectivity index (χ3n) is 3.32. The predicted octanol–water partition coefficient (Wildman–Crippen LogP) is 3.10. The van der Waals surface area contributed by atoms with Crippen LogP contribution in [0, 0.1) is 0 Å². The van der Waals surface area contributed by atoms with Crippen LogP contribution in [0.2, 0.25) is 0 Å². The Balaban J connectivity index is 0.00000192. The van der Waals surface area contributed by atoms with Gasteiger partial charge in [0.1, 0.15) is 12.3 Å². The van der Waals surface area contributed by atoms with E-state index in [0.717, 1.165) is 34.3 Å². The van der Waals surface area contributed by atoms with Crippen LogP contribution in [0.15, 0.2) is 60.0 Å². The number of nitrogens with zero attached hydrogens (tertiary/aromatic N) is 2. The van der Waals surface area contributed by atoms with E-state index < -0.39 is 0 Å². The Bertz CT molecular complexity index is 737. The number of halogens is 1. The zero-order valence-electron chi connectivity index (χ0n) is 12.6. The first-order valence-corrected chi connectivity index (χ1v) is 7.27. The highest BCUT2D eigenvalue weighted by Crippen LogP contribution is 2.17. The van der Waals surface area contributed by atoms with E-state index in [1.54, 1.807) is 12.4 Å². The van der Waals surface area contributed by atoms with Gasteiger partial charge in [-0.15, -0.1) is 12.4 Å². The molecule has 1 aromatic carbocycles. The lowest BCUT2D eigenvalue weighted by Crippen LogP contribution is -2.07. The average molecular weight is 331 g/mol. The van der Waals surface area contributed by atoms with Crippen LogP contribution in [0.1, 0.15) is 17.7 Å². The number of aromatic amines is 1. The van der Waals surface area contributed by atoms with Gasteiger partial charge in [-0.2, -0.15) is 0 Å². The number of hydrogen-bond acceptors (Lipinski definition) is 4. The maximum Gasteiger partial charge on any atom is 0.133 e. The van der Waals surface area contributed by atoms with Gasteiger partial charge in [0.2, 0.25) is 0 Å². The Morgan fingerprint density at radius 2 is 2.04 bits per heavy atom. The summed E-state index contributed by atoms with van der Waals surface area (Å²) in [5.41, 5.74) is 9.12. The van der Waals surface area contributed by atoms with Crippen LogP contribution >= 0.6 is 12.4 Å². The zero-order chi connectivity index (χ0) is 15.2. The predicted molar refractivity (Wildman–Crippen MR) is 95.0 cm³/mol. The summed E-state index contributed by atoms with van der Waals surface area (Å²) in [5, 5.41) is 5.40. The van der Waals surface area contributed by atoms with Gasteiger partial charge < -0.3 is 15.6 Å². The number of oxime groups is 1. The quantitative estimate of drug-likeness (QED) is 0.414. The Morgan fingerprint density at radius 1 is 1.22 bits per heavy atom. The van der Waals surface area contributed by atoms with E-state index in [2.05, 4.69) is 21.2 Å². The molecule has 23 heavy (non-hydrogen) atoms. The summed E-state index contributed by atoms with van der Waals surface area (Å²) >= 11 is 0. The van der Waals surface area contributed by atoms with Gasteiger partial charge in [0, 0.05) is 17.1 Å². The van der Waals surface area contributed by atoms with Gasteiger partial charge in [-0.05, 0) is 25.1 Å². The molecule has 0 radical (unpaired) electrons. The number of rotatable bonds is 6. The Labute approximate surface area is 141 Å². The van der Waals surface area contributed by atoms with Gasteiger partial charge >= 0.3 is 0 Å². The van der Waals surface area contributed by atoms with Gasteiger partial charge in [0.15, 0.2) is 0 Å². The minimum absolute atomic E-state index is 0. The molecule has 0 fully saturated rings. The zero-order valence-corrected chi connectivity index (χ0v) is 13.4. The summed E-state index contributed by atoms with van der Waals surface area (Å²) in [5.74, 6) is 0. The maximum atomic E-state index is 5.48. The number of nitrogens with one attached hydrogen (secondary N) is 1. The molecule has 0 aliphatic carbocycles. The van der Waals surface area contributed by atoms with Crippen LogP contribution in [0.3, 0.4) is 0 Å². The van der Waals surface area contributed by atoms with Crippen molar-refractivity contribution >= 4 is 29.0 Å². The monoisotopic (exact) mass is 330 g/mol. The van der Waals surface area contributed by atoms with Crippen molar-refractivity contribution < 1.29 is 4.84 Å². The summed E-state index contributed by atoms with van der Waals surface area (Å²) < 4.78 is 0. The van der Waals surface area contributed by atoms with Crippen molar-refractivity contribution in [2.24, 2.45) is 10.9 Å². The van der Waals surface area contributed by atoms with Crippen LogP contribution in [-0.4, -0.2) is 28.8 Å². The van der Waals surface area contributed by atoms with E-state index in [9.17, 15) is 0 Å². The number of aromatic nitrogens is 2. The number of H-pyrrole nitrogens is 1. The lowest BCUT2D eigenvalue weighted by atomic mass is 10.1. The van der Waals surface area contributed by atoms with E-state index in [0.29, 0.717) is 13.2 Å². The van der Waals surface area contributed by atoms with E-state index in [-0.39, 0.29) is 12.4 Å². The van der Waals surface area contributed by atoms with Gasteiger partial charge in [-0.3, -0.25) is 4.98 Å². The second kappa shape index (κ2) is 8.31. The van der Waals surface area contributed by atoms with Crippen molar-refractivity contribution in [3.63, 3.8) is 0 Å². The molecule has 0 amide bonds. The fraction of sp³-hybridized carbons (Fsp3) is 0.176. The third kappa shape index (κ3) is 4.09. The number of hydrogen-bond donors (Lipinski definition) is 2. The normalized spacial score (nSPS) is 11.3. The number of benzene rings is 1. The van der Waals surface area contributed by atoms with Crippen molar-refractivity contribution in [1.82, 2.24) is 9.97 Å². The van der Waals surface area contributed by atoms with Crippen molar-refractivity contribution in [2.75, 3.05) is 13.2 Å². The third-order valence-corrected chi connectivity index (χ3v) is 3.32. The fourth-order valence-corrected chi connectivity index (χ4v) is 2.21. The molecule has 2 heterocycles. The lowest BCUT2D eigenvalue weighted by molar-refractivity contribution is 0.143. The molecule has 0 atom stereocenters. The number of nitrogens with two attached hydrogens (primary N) is 1. The molecule has 0 aliphatic rings. The van der Waals surface area contributed by atoms with Crippen LogP contribution in [-0.2, 0) is 4.84 Å². The molecule has 3 rings (SSSR count). The minimum Gasteiger partial charge on any atom is -0.395 e. The molecule has 6 heteroatoms. The molecule has 2 aromatic heterocycles. The molecule has 3 N–H and O–H groups in total. The summed E-state index contributed by atoms with van der Waals surface area (Å²) in [6, 6.07) is 14.0. The smallest absolute Gasteiger partial charge is 0.133 e. The van der Waals surface area contributed by atoms with Crippen LogP contribution in [0.4, 0.5) is 0 Å². The molecule has 0 saturated heterocycles. The summed E-state index contributed by atoms with van der Waals surface area (Å²) in [4.78, 5) is 12.9. The van der Waals surface area contributed by atoms with Crippen molar-refractivity contribution in [1.29, 1.82) is 0 Å². The van der Waals surface area contributed by atoms with Gasteiger partial charge in [-0.1, -0.05) is 35.5 Å². The molecule has 0 saturated carbocycles. The molecule has 120 valence electrons. The SMILES string of the molecule is Cl.NCCCO/N=C(\c1ccccc1)c1cc2ccncc2[nH]1.